The van der Waals surface area contributed by atoms with Crippen LogP contribution in [0.1, 0.15) is 50.8 Å². The van der Waals surface area contributed by atoms with Gasteiger partial charge in [-0.15, -0.1) is 5.10 Å². The van der Waals surface area contributed by atoms with E-state index >= 15 is 0 Å². The first kappa shape index (κ1) is 26.6. The highest BCUT2D eigenvalue weighted by molar-refractivity contribution is 6.09. The first-order valence-electron chi connectivity index (χ1n) is 12.2. The molecule has 4 aromatic rings. The summed E-state index contributed by atoms with van der Waals surface area (Å²) < 4.78 is 41.5. The van der Waals surface area contributed by atoms with Crippen LogP contribution in [0.3, 0.4) is 0 Å². The van der Waals surface area contributed by atoms with Gasteiger partial charge in [-0.25, -0.2) is 9.36 Å². The molecule has 0 spiro atoms. The van der Waals surface area contributed by atoms with E-state index in [2.05, 4.69) is 31.3 Å². The highest BCUT2D eigenvalue weighted by Gasteiger charge is 2.38. The zero-order valence-electron chi connectivity index (χ0n) is 21.1. The molecule has 15 heteroatoms. The number of hydrogen-bond acceptors (Lipinski definition) is 8. The minimum Gasteiger partial charge on any atom is -0.506 e. The predicted octanol–water partition coefficient (Wildman–Crippen LogP) is 2.91. The fourth-order valence-electron chi connectivity index (χ4n) is 4.16. The number of anilines is 2. The number of para-hydroxylation sites is 2. The van der Waals surface area contributed by atoms with Crippen molar-refractivity contribution in [1.82, 2.24) is 35.3 Å². The number of alkyl halides is 3. The second-order valence-electron chi connectivity index (χ2n) is 9.45. The quantitative estimate of drug-likeness (QED) is 0.241. The van der Waals surface area contributed by atoms with Crippen molar-refractivity contribution in [3.8, 4) is 11.4 Å². The maximum atomic E-state index is 13.6. The van der Waals surface area contributed by atoms with Crippen molar-refractivity contribution in [2.75, 3.05) is 17.6 Å². The van der Waals surface area contributed by atoms with Gasteiger partial charge in [0, 0.05) is 12.2 Å². The van der Waals surface area contributed by atoms with E-state index in [1.54, 1.807) is 25.1 Å². The number of aromatic hydroxyl groups is 1. The molecular weight excluding hydrogens is 531 g/mol. The van der Waals surface area contributed by atoms with Crippen molar-refractivity contribution < 1.29 is 27.9 Å². The molecule has 0 bridgehead atoms. The standard InChI is InChI=1S/C25H24F3N9O3/c1-13-8-15(29)9-17(22(39)30-11-14-6-7-14)21(13)31-23(40)19-10-16(12-36-24(25(26,27)28)32-34-35-36)33-37(19)18-4-2-3-5-20(18)38/h2-5,8-10,14,38H,6-7,11-12,29H2,1H3,(H,30,39)(H,31,40). The molecule has 1 aliphatic rings. The molecule has 12 nitrogen and oxygen atoms in total. The van der Waals surface area contributed by atoms with Crippen molar-refractivity contribution in [3.63, 3.8) is 0 Å². The second-order valence-corrected chi connectivity index (χ2v) is 9.45. The molecule has 1 fully saturated rings. The summed E-state index contributed by atoms with van der Waals surface area (Å²) in [7, 11) is 0. The number of carbonyl (C=O) groups is 2. The number of amides is 2. The van der Waals surface area contributed by atoms with Gasteiger partial charge in [-0.05, 0) is 72.0 Å². The summed E-state index contributed by atoms with van der Waals surface area (Å²) in [5, 5.41) is 29.8. The zero-order valence-corrected chi connectivity index (χ0v) is 21.1. The smallest absolute Gasteiger partial charge is 0.453 e. The molecule has 40 heavy (non-hydrogen) atoms. The minimum absolute atomic E-state index is 0.00244. The predicted molar refractivity (Wildman–Crippen MR) is 136 cm³/mol. The summed E-state index contributed by atoms with van der Waals surface area (Å²) in [4.78, 5) is 26.6. The van der Waals surface area contributed by atoms with Crippen LogP contribution in [-0.2, 0) is 12.7 Å². The molecule has 0 saturated heterocycles. The zero-order chi connectivity index (χ0) is 28.6. The number of aryl methyl sites for hydroxylation is 1. The molecule has 2 amide bonds. The highest BCUT2D eigenvalue weighted by Crippen LogP contribution is 2.30. The number of phenols is 1. The number of nitrogens with zero attached hydrogens (tertiary/aromatic N) is 6. The molecule has 1 saturated carbocycles. The van der Waals surface area contributed by atoms with Gasteiger partial charge in [-0.2, -0.15) is 18.3 Å². The first-order valence-corrected chi connectivity index (χ1v) is 12.2. The molecule has 1 aliphatic carbocycles. The van der Waals surface area contributed by atoms with Gasteiger partial charge in [0.05, 0.1) is 23.5 Å². The SMILES string of the molecule is Cc1cc(N)cc(C(=O)NCC2CC2)c1NC(=O)c1cc(Cn2nnnc2C(F)(F)F)nn1-c1ccccc1O. The van der Waals surface area contributed by atoms with Crippen molar-refractivity contribution in [1.29, 1.82) is 0 Å². The molecule has 0 atom stereocenters. The van der Waals surface area contributed by atoms with Crippen LogP contribution in [0.5, 0.6) is 5.75 Å². The Morgan fingerprint density at radius 2 is 1.90 bits per heavy atom. The van der Waals surface area contributed by atoms with Gasteiger partial charge in [0.1, 0.15) is 17.1 Å². The van der Waals surface area contributed by atoms with E-state index < -0.39 is 30.4 Å². The highest BCUT2D eigenvalue weighted by atomic mass is 19.4. The molecular formula is C25H24F3N9O3. The van der Waals surface area contributed by atoms with E-state index in [9.17, 15) is 27.9 Å². The Bertz CT molecular complexity index is 1590. The van der Waals surface area contributed by atoms with Crippen molar-refractivity contribution >= 4 is 23.2 Å². The van der Waals surface area contributed by atoms with Crippen LogP contribution in [-0.4, -0.2) is 53.5 Å². The molecule has 5 rings (SSSR count). The normalized spacial score (nSPS) is 13.3. The fourth-order valence-corrected chi connectivity index (χ4v) is 4.16. The van der Waals surface area contributed by atoms with Gasteiger partial charge in [-0.3, -0.25) is 9.59 Å². The lowest BCUT2D eigenvalue weighted by Crippen LogP contribution is -2.28. The van der Waals surface area contributed by atoms with E-state index in [-0.39, 0.29) is 34.1 Å². The lowest BCUT2D eigenvalue weighted by atomic mass is 10.1. The Labute approximate surface area is 225 Å². The van der Waals surface area contributed by atoms with E-state index in [0.717, 1.165) is 17.5 Å². The van der Waals surface area contributed by atoms with Gasteiger partial charge >= 0.3 is 6.18 Å². The Morgan fingerprint density at radius 3 is 2.60 bits per heavy atom. The summed E-state index contributed by atoms with van der Waals surface area (Å²) >= 11 is 0. The van der Waals surface area contributed by atoms with Crippen LogP contribution in [0, 0.1) is 12.8 Å². The maximum absolute atomic E-state index is 13.6. The number of halogens is 3. The topological polar surface area (TPSA) is 166 Å². The average Bonchev–Trinajstić information content (AvgIpc) is 3.43. The van der Waals surface area contributed by atoms with E-state index in [1.807, 2.05) is 0 Å². The Balaban J connectivity index is 1.51. The van der Waals surface area contributed by atoms with Gasteiger partial charge in [0.2, 0.25) is 0 Å². The van der Waals surface area contributed by atoms with Crippen molar-refractivity contribution in [3.05, 3.63) is 70.8 Å². The lowest BCUT2D eigenvalue weighted by molar-refractivity contribution is -0.147. The summed E-state index contributed by atoms with van der Waals surface area (Å²) in [6.07, 6.45) is -2.74. The summed E-state index contributed by atoms with van der Waals surface area (Å²) in [5.74, 6) is -2.29. The largest absolute Gasteiger partial charge is 0.506 e. The van der Waals surface area contributed by atoms with Gasteiger partial charge in [0.15, 0.2) is 0 Å². The molecule has 5 N–H and O–H groups in total. The third kappa shape index (κ3) is 5.57. The third-order valence-electron chi connectivity index (χ3n) is 6.29. The number of nitrogens with two attached hydrogens (primary N) is 1. The second kappa shape index (κ2) is 10.3. The summed E-state index contributed by atoms with van der Waals surface area (Å²) in [5.41, 5.74) is 7.16. The van der Waals surface area contributed by atoms with Crippen LogP contribution >= 0.6 is 0 Å². The van der Waals surface area contributed by atoms with E-state index in [4.69, 9.17) is 5.73 Å². The number of benzene rings is 2. The van der Waals surface area contributed by atoms with E-state index in [1.165, 1.54) is 24.3 Å². The summed E-state index contributed by atoms with van der Waals surface area (Å²) in [6, 6.07) is 10.3. The van der Waals surface area contributed by atoms with Crippen LogP contribution in [0.2, 0.25) is 0 Å². The number of tetrazole rings is 1. The fraction of sp³-hybridized carbons (Fsp3) is 0.280. The number of nitrogens with one attached hydrogen (secondary N) is 2. The average molecular weight is 556 g/mol. The number of aromatic nitrogens is 6. The maximum Gasteiger partial charge on any atom is 0.453 e. The van der Waals surface area contributed by atoms with E-state index in [0.29, 0.717) is 28.4 Å². The molecule has 2 aromatic carbocycles. The molecule has 208 valence electrons. The van der Waals surface area contributed by atoms with Crippen LogP contribution in [0.15, 0.2) is 42.5 Å². The molecule has 0 aliphatic heterocycles. The minimum atomic E-state index is -4.81. The number of rotatable bonds is 8. The Hall–Kier alpha value is -4.95. The third-order valence-corrected chi connectivity index (χ3v) is 6.29. The van der Waals surface area contributed by atoms with Crippen LogP contribution < -0.4 is 16.4 Å². The number of nitrogen functional groups attached to an aromatic ring is 1. The first-order chi connectivity index (χ1) is 19.0. The number of carbonyl (C=O) groups excluding carboxylic acids is 2. The van der Waals surface area contributed by atoms with Gasteiger partial charge in [0.25, 0.3) is 17.6 Å². The molecule has 0 unspecified atom stereocenters. The van der Waals surface area contributed by atoms with Gasteiger partial charge < -0.3 is 21.5 Å². The lowest BCUT2D eigenvalue weighted by Gasteiger charge is -2.16. The molecule has 2 heterocycles. The summed E-state index contributed by atoms with van der Waals surface area (Å²) in [6.45, 7) is 1.66. The van der Waals surface area contributed by atoms with Crippen LogP contribution in [0.25, 0.3) is 5.69 Å². The van der Waals surface area contributed by atoms with Crippen LogP contribution in [0.4, 0.5) is 24.5 Å². The molecule has 2 aromatic heterocycles. The Morgan fingerprint density at radius 1 is 1.15 bits per heavy atom. The molecule has 0 radical (unpaired) electrons. The van der Waals surface area contributed by atoms with Gasteiger partial charge in [-0.1, -0.05) is 12.1 Å². The number of hydrogen-bond donors (Lipinski definition) is 4. The Kier molecular flexibility index (Phi) is 6.87. The number of phenolic OH excluding ortho intramolecular Hbond substituents is 1. The van der Waals surface area contributed by atoms with Crippen molar-refractivity contribution in [2.24, 2.45) is 5.92 Å². The monoisotopic (exact) mass is 555 g/mol. The van der Waals surface area contributed by atoms with Crippen molar-refractivity contribution in [2.45, 2.75) is 32.5 Å².